The van der Waals surface area contributed by atoms with Gasteiger partial charge in [-0.1, -0.05) is 30.0 Å². The Bertz CT molecular complexity index is 1030. The third-order valence-electron chi connectivity index (χ3n) is 3.96. The first-order chi connectivity index (χ1) is 12.9. The first kappa shape index (κ1) is 17.4. The molecule has 0 unspecified atom stereocenters. The number of aromatic carboxylic acids is 1. The van der Waals surface area contributed by atoms with Crippen LogP contribution < -0.4 is 14.4 Å². The molecule has 0 aliphatic carbocycles. The Kier molecular flexibility index (Phi) is 4.25. The Balaban J connectivity index is 1.64. The van der Waals surface area contributed by atoms with Gasteiger partial charge in [0.25, 0.3) is 5.91 Å². The Morgan fingerprint density at radius 1 is 1.19 bits per heavy atom. The van der Waals surface area contributed by atoms with Gasteiger partial charge >= 0.3 is 5.97 Å². The highest BCUT2D eigenvalue weighted by Gasteiger charge is 2.34. The van der Waals surface area contributed by atoms with E-state index in [1.807, 2.05) is 0 Å². The third-order valence-corrected chi connectivity index (χ3v) is 5.26. The largest absolute Gasteiger partial charge is 0.507 e. The highest BCUT2D eigenvalue weighted by Crippen LogP contribution is 2.39. The monoisotopic (exact) mass is 401 g/mol. The van der Waals surface area contributed by atoms with Crippen molar-refractivity contribution < 1.29 is 29.3 Å². The number of carboxylic acid groups (broad SMARTS) is 1. The fourth-order valence-corrected chi connectivity index (χ4v) is 3.98. The summed E-state index contributed by atoms with van der Waals surface area (Å²) in [6.45, 7) is 0.163. The number of benzene rings is 2. The number of phenols is 1. The van der Waals surface area contributed by atoms with Gasteiger partial charge in [0.1, 0.15) is 11.3 Å². The normalized spacial score (nSPS) is 17.0. The molecule has 9 heteroatoms. The Morgan fingerprint density at radius 3 is 2.70 bits per heavy atom. The number of carbonyl (C=O) groups is 2. The zero-order valence-electron chi connectivity index (χ0n) is 13.5. The van der Waals surface area contributed by atoms with Crippen molar-refractivity contribution in [3.8, 4) is 17.2 Å². The lowest BCUT2D eigenvalue weighted by molar-refractivity contribution is -0.113. The summed E-state index contributed by atoms with van der Waals surface area (Å²) < 4.78 is 10.9. The van der Waals surface area contributed by atoms with Crippen LogP contribution in [0.15, 0.2) is 41.3 Å². The molecule has 7 nitrogen and oxygen atoms in total. The molecule has 2 aromatic carbocycles. The van der Waals surface area contributed by atoms with Crippen LogP contribution in [0.5, 0.6) is 17.2 Å². The van der Waals surface area contributed by atoms with Crippen molar-refractivity contribution >= 4 is 51.9 Å². The number of anilines is 1. The van der Waals surface area contributed by atoms with Crippen molar-refractivity contribution in [3.63, 3.8) is 0 Å². The molecule has 0 atom stereocenters. The lowest BCUT2D eigenvalue weighted by atomic mass is 10.1. The molecule has 2 N–H and O–H groups in total. The highest BCUT2D eigenvalue weighted by atomic mass is 32.2. The molecular weight excluding hydrogens is 390 g/mol. The van der Waals surface area contributed by atoms with Crippen molar-refractivity contribution in [3.05, 3.63) is 52.4 Å². The van der Waals surface area contributed by atoms with E-state index in [1.165, 1.54) is 23.1 Å². The first-order valence-corrected chi connectivity index (χ1v) is 8.90. The number of carboxylic acids is 1. The van der Waals surface area contributed by atoms with Crippen molar-refractivity contribution in [2.24, 2.45) is 0 Å². The van der Waals surface area contributed by atoms with Gasteiger partial charge in [0.15, 0.2) is 15.8 Å². The summed E-state index contributed by atoms with van der Waals surface area (Å²) >= 11 is 6.40. The molecule has 0 aromatic heterocycles. The van der Waals surface area contributed by atoms with Crippen LogP contribution in [0.4, 0.5) is 5.69 Å². The average molecular weight is 401 g/mol. The number of thioether (sulfide) groups is 1. The average Bonchev–Trinajstić information content (AvgIpc) is 3.18. The number of ether oxygens (including phenoxy) is 2. The smallest absolute Gasteiger partial charge is 0.339 e. The van der Waals surface area contributed by atoms with Gasteiger partial charge in [-0.2, -0.15) is 0 Å². The van der Waals surface area contributed by atoms with E-state index in [9.17, 15) is 14.7 Å². The lowest BCUT2D eigenvalue weighted by Crippen LogP contribution is -2.27. The molecule has 136 valence electrons. The number of fused-ring (bicyclic) bond motifs is 1. The Morgan fingerprint density at radius 2 is 1.96 bits per heavy atom. The van der Waals surface area contributed by atoms with Gasteiger partial charge in [-0.25, -0.2) is 4.79 Å². The van der Waals surface area contributed by atoms with E-state index in [0.29, 0.717) is 22.1 Å². The van der Waals surface area contributed by atoms with Crippen LogP contribution in [0.3, 0.4) is 0 Å². The van der Waals surface area contributed by atoms with Gasteiger partial charge in [0.05, 0.1) is 10.6 Å². The van der Waals surface area contributed by atoms with Crippen LogP contribution in [0, 0.1) is 0 Å². The summed E-state index contributed by atoms with van der Waals surface area (Å²) in [5.41, 5.74) is 0.804. The van der Waals surface area contributed by atoms with Crippen LogP contribution in [0.2, 0.25) is 0 Å². The van der Waals surface area contributed by atoms with Crippen LogP contribution >= 0.6 is 24.0 Å². The van der Waals surface area contributed by atoms with Gasteiger partial charge in [0, 0.05) is 6.07 Å². The van der Waals surface area contributed by atoms with E-state index in [0.717, 1.165) is 17.3 Å². The van der Waals surface area contributed by atoms with Crippen molar-refractivity contribution in [2.75, 3.05) is 11.7 Å². The second kappa shape index (κ2) is 6.60. The molecular formula is C18H11NO6S2. The summed E-state index contributed by atoms with van der Waals surface area (Å²) in [6.07, 6.45) is 1.69. The van der Waals surface area contributed by atoms with E-state index >= 15 is 0 Å². The topological polar surface area (TPSA) is 96.3 Å². The molecule has 2 aliphatic heterocycles. The molecule has 0 bridgehead atoms. The fraction of sp³-hybridized carbons (Fsp3) is 0.0556. The van der Waals surface area contributed by atoms with Gasteiger partial charge in [-0.05, 0) is 35.9 Å². The van der Waals surface area contributed by atoms with Crippen molar-refractivity contribution in [2.45, 2.75) is 0 Å². The van der Waals surface area contributed by atoms with E-state index in [4.69, 9.17) is 26.8 Å². The molecule has 1 saturated heterocycles. The predicted octanol–water partition coefficient (Wildman–Crippen LogP) is 3.22. The minimum Gasteiger partial charge on any atom is -0.507 e. The summed E-state index contributed by atoms with van der Waals surface area (Å²) in [5.74, 6) is -0.798. The number of thiocarbonyl (C=S) groups is 1. The standard InChI is InChI=1S/C18H11NO6S2/c20-12-7-10(2-3-11(12)17(22)23)19-16(21)15(27-18(19)26)6-9-1-4-13-14(5-9)25-8-24-13/h1-7,20H,8H2,(H,22,23)/b15-6-. The zero-order valence-corrected chi connectivity index (χ0v) is 15.2. The predicted molar refractivity (Wildman–Crippen MR) is 103 cm³/mol. The summed E-state index contributed by atoms with van der Waals surface area (Å²) in [4.78, 5) is 25.5. The maximum absolute atomic E-state index is 12.8. The molecule has 1 amide bonds. The molecule has 27 heavy (non-hydrogen) atoms. The van der Waals surface area contributed by atoms with E-state index < -0.39 is 11.7 Å². The van der Waals surface area contributed by atoms with E-state index in [1.54, 1.807) is 24.3 Å². The quantitative estimate of drug-likeness (QED) is 0.598. The first-order valence-electron chi connectivity index (χ1n) is 7.68. The van der Waals surface area contributed by atoms with Gasteiger partial charge in [0.2, 0.25) is 6.79 Å². The van der Waals surface area contributed by atoms with Gasteiger partial charge in [-0.15, -0.1) is 0 Å². The molecule has 1 fully saturated rings. The molecule has 0 spiro atoms. The second-order valence-electron chi connectivity index (χ2n) is 5.64. The minimum absolute atomic E-state index is 0.163. The number of carbonyl (C=O) groups excluding carboxylic acids is 1. The Labute approximate surface area is 162 Å². The maximum atomic E-state index is 12.8. The lowest BCUT2D eigenvalue weighted by Gasteiger charge is -2.15. The maximum Gasteiger partial charge on any atom is 0.339 e. The molecule has 2 aliphatic rings. The molecule has 0 saturated carbocycles. The van der Waals surface area contributed by atoms with E-state index in [2.05, 4.69) is 0 Å². The number of amides is 1. The Hall–Kier alpha value is -3.04. The van der Waals surface area contributed by atoms with Crippen molar-refractivity contribution in [1.82, 2.24) is 0 Å². The molecule has 2 aromatic rings. The third kappa shape index (κ3) is 3.11. The molecule has 4 rings (SSSR count). The SMILES string of the molecule is O=C(O)c1ccc(N2C(=O)/C(=C/c3ccc4c(c3)OCO4)SC2=S)cc1O. The number of rotatable bonds is 3. The molecule has 0 radical (unpaired) electrons. The van der Waals surface area contributed by atoms with E-state index in [-0.39, 0.29) is 22.6 Å². The fourth-order valence-electron chi connectivity index (χ4n) is 2.68. The second-order valence-corrected chi connectivity index (χ2v) is 7.31. The number of aromatic hydroxyl groups is 1. The number of hydrogen-bond donors (Lipinski definition) is 2. The number of nitrogens with zero attached hydrogens (tertiary/aromatic N) is 1. The molecule has 2 heterocycles. The van der Waals surface area contributed by atoms with Crippen LogP contribution in [-0.2, 0) is 4.79 Å². The van der Waals surface area contributed by atoms with Gasteiger partial charge < -0.3 is 19.7 Å². The van der Waals surface area contributed by atoms with Crippen molar-refractivity contribution in [1.29, 1.82) is 0 Å². The van der Waals surface area contributed by atoms with Gasteiger partial charge in [-0.3, -0.25) is 9.69 Å². The highest BCUT2D eigenvalue weighted by molar-refractivity contribution is 8.27. The van der Waals surface area contributed by atoms with Crippen LogP contribution in [-0.4, -0.2) is 33.2 Å². The van der Waals surface area contributed by atoms with Crippen LogP contribution in [0.25, 0.3) is 6.08 Å². The summed E-state index contributed by atoms with van der Waals surface area (Å²) in [5, 5.41) is 18.9. The summed E-state index contributed by atoms with van der Waals surface area (Å²) in [6, 6.07) is 9.19. The zero-order chi connectivity index (χ0) is 19.1. The van der Waals surface area contributed by atoms with Crippen LogP contribution in [0.1, 0.15) is 15.9 Å². The minimum atomic E-state index is -1.26. The summed E-state index contributed by atoms with van der Waals surface area (Å²) in [7, 11) is 0. The number of hydrogen-bond acceptors (Lipinski definition) is 7.